The fourth-order valence-corrected chi connectivity index (χ4v) is 3.04. The van der Waals surface area contributed by atoms with Gasteiger partial charge in [0.2, 0.25) is 0 Å². The molecule has 4 heteroatoms. The topological polar surface area (TPSA) is 29.9 Å². The van der Waals surface area contributed by atoms with Crippen LogP contribution in [0.15, 0.2) is 28.7 Å². The van der Waals surface area contributed by atoms with Gasteiger partial charge in [0, 0.05) is 19.6 Å². The molecule has 2 rings (SSSR count). The van der Waals surface area contributed by atoms with Crippen molar-refractivity contribution < 1.29 is 0 Å². The van der Waals surface area contributed by atoms with E-state index in [0.29, 0.717) is 0 Å². The van der Waals surface area contributed by atoms with Gasteiger partial charge >= 0.3 is 0 Å². The van der Waals surface area contributed by atoms with E-state index in [2.05, 4.69) is 76.1 Å². The zero-order valence-corrected chi connectivity index (χ0v) is 14.0. The maximum atomic E-state index is 4.62. The van der Waals surface area contributed by atoms with Crippen LogP contribution >= 0.6 is 15.9 Å². The van der Waals surface area contributed by atoms with E-state index < -0.39 is 0 Å². The average molecular weight is 336 g/mol. The fourth-order valence-electron chi connectivity index (χ4n) is 2.33. The molecule has 0 saturated carbocycles. The Bertz CT molecular complexity index is 575. The van der Waals surface area contributed by atoms with Crippen LogP contribution in [0.25, 0.3) is 0 Å². The first-order valence-corrected chi connectivity index (χ1v) is 7.95. The van der Waals surface area contributed by atoms with Crippen molar-refractivity contribution in [1.29, 1.82) is 0 Å². The van der Waals surface area contributed by atoms with Crippen molar-refractivity contribution in [3.63, 3.8) is 0 Å². The Kier molecular flexibility index (Phi) is 5.38. The molecule has 3 nitrogen and oxygen atoms in total. The van der Waals surface area contributed by atoms with Crippen LogP contribution in [-0.2, 0) is 26.1 Å². The Morgan fingerprint density at radius 1 is 1.25 bits per heavy atom. The van der Waals surface area contributed by atoms with E-state index >= 15 is 0 Å². The molecule has 0 spiro atoms. The largest absolute Gasteiger partial charge is 0.307 e. The summed E-state index contributed by atoms with van der Waals surface area (Å²) in [6.07, 6.45) is 0.957. The zero-order valence-electron chi connectivity index (χ0n) is 12.4. The fraction of sp³-hybridized carbons (Fsp3) is 0.438. The van der Waals surface area contributed by atoms with Gasteiger partial charge < -0.3 is 5.32 Å². The lowest BCUT2D eigenvalue weighted by Gasteiger charge is -2.08. The normalized spacial score (nSPS) is 11.0. The first-order valence-electron chi connectivity index (χ1n) is 7.16. The molecule has 0 bridgehead atoms. The highest BCUT2D eigenvalue weighted by atomic mass is 79.9. The summed E-state index contributed by atoms with van der Waals surface area (Å²) < 4.78 is 3.23. The van der Waals surface area contributed by atoms with Gasteiger partial charge in [0.15, 0.2) is 0 Å². The smallest absolute Gasteiger partial charge is 0.0767 e. The van der Waals surface area contributed by atoms with Crippen LogP contribution in [-0.4, -0.2) is 9.78 Å². The Balaban J connectivity index is 2.02. The second-order valence-corrected chi connectivity index (χ2v) is 5.76. The zero-order chi connectivity index (χ0) is 14.5. The van der Waals surface area contributed by atoms with Crippen LogP contribution in [0.1, 0.15) is 36.4 Å². The van der Waals surface area contributed by atoms with Gasteiger partial charge in [-0.25, -0.2) is 0 Å². The van der Waals surface area contributed by atoms with E-state index in [0.717, 1.165) is 36.2 Å². The van der Waals surface area contributed by atoms with Gasteiger partial charge in [-0.3, -0.25) is 4.68 Å². The second-order valence-electron chi connectivity index (χ2n) is 4.97. The standard InChI is InChI=1S/C16H22BrN3/c1-4-14-16(17)15(20(5-2)19-14)11-18-10-13-8-6-7-12(3)9-13/h6-9,18H,4-5,10-11H2,1-3H3. The first kappa shape index (κ1) is 15.3. The predicted octanol–water partition coefficient (Wildman–Crippen LogP) is 3.83. The SMILES string of the molecule is CCc1nn(CC)c(CNCc2cccc(C)c2)c1Br. The van der Waals surface area contributed by atoms with Gasteiger partial charge in [0.1, 0.15) is 0 Å². The number of benzene rings is 1. The summed E-state index contributed by atoms with van der Waals surface area (Å²) in [5.74, 6) is 0. The van der Waals surface area contributed by atoms with Crippen LogP contribution in [0.4, 0.5) is 0 Å². The molecule has 0 unspecified atom stereocenters. The van der Waals surface area contributed by atoms with Crippen molar-refractivity contribution in [3.05, 3.63) is 51.3 Å². The van der Waals surface area contributed by atoms with E-state index in [1.54, 1.807) is 0 Å². The summed E-state index contributed by atoms with van der Waals surface area (Å²) >= 11 is 3.68. The molecule has 0 aliphatic heterocycles. The molecule has 0 aliphatic carbocycles. The molecule has 2 aromatic rings. The molecule has 0 fully saturated rings. The predicted molar refractivity (Wildman–Crippen MR) is 86.7 cm³/mol. The maximum Gasteiger partial charge on any atom is 0.0767 e. The van der Waals surface area contributed by atoms with Crippen molar-refractivity contribution in [2.75, 3.05) is 0 Å². The van der Waals surface area contributed by atoms with Gasteiger partial charge in [-0.2, -0.15) is 5.10 Å². The molecule has 1 N–H and O–H groups in total. The molecule has 0 aliphatic rings. The van der Waals surface area contributed by atoms with Crippen LogP contribution < -0.4 is 5.32 Å². The summed E-state index contributed by atoms with van der Waals surface area (Å²) in [6.45, 7) is 9.00. The van der Waals surface area contributed by atoms with E-state index in [4.69, 9.17) is 0 Å². The third-order valence-corrected chi connectivity index (χ3v) is 4.31. The number of hydrogen-bond acceptors (Lipinski definition) is 2. The van der Waals surface area contributed by atoms with Gasteiger partial charge in [0.25, 0.3) is 0 Å². The Morgan fingerprint density at radius 2 is 2.05 bits per heavy atom. The number of aromatic nitrogens is 2. The molecule has 1 aromatic carbocycles. The molecular formula is C16H22BrN3. The summed E-state index contributed by atoms with van der Waals surface area (Å²) in [5, 5.41) is 8.12. The highest BCUT2D eigenvalue weighted by molar-refractivity contribution is 9.10. The lowest BCUT2D eigenvalue weighted by Crippen LogP contribution is -2.16. The monoisotopic (exact) mass is 335 g/mol. The van der Waals surface area contributed by atoms with Gasteiger partial charge in [-0.15, -0.1) is 0 Å². The summed E-state index contributed by atoms with van der Waals surface area (Å²) in [4.78, 5) is 0. The van der Waals surface area contributed by atoms with E-state index in [-0.39, 0.29) is 0 Å². The van der Waals surface area contributed by atoms with E-state index in [1.807, 2.05) is 0 Å². The minimum atomic E-state index is 0.829. The van der Waals surface area contributed by atoms with Crippen LogP contribution in [0.2, 0.25) is 0 Å². The average Bonchev–Trinajstić information content (AvgIpc) is 2.75. The van der Waals surface area contributed by atoms with Crippen LogP contribution in [0, 0.1) is 6.92 Å². The van der Waals surface area contributed by atoms with Crippen molar-refractivity contribution in [1.82, 2.24) is 15.1 Å². The van der Waals surface area contributed by atoms with Crippen LogP contribution in [0.5, 0.6) is 0 Å². The number of halogens is 1. The first-order chi connectivity index (χ1) is 9.65. The lowest BCUT2D eigenvalue weighted by molar-refractivity contribution is 0.576. The molecule has 1 aromatic heterocycles. The van der Waals surface area contributed by atoms with Gasteiger partial charge in [-0.05, 0) is 41.8 Å². The summed E-state index contributed by atoms with van der Waals surface area (Å²) in [5.41, 5.74) is 4.99. The Morgan fingerprint density at radius 3 is 2.70 bits per heavy atom. The number of nitrogens with zero attached hydrogens (tertiary/aromatic N) is 2. The van der Waals surface area contributed by atoms with E-state index in [1.165, 1.54) is 16.8 Å². The lowest BCUT2D eigenvalue weighted by atomic mass is 10.1. The van der Waals surface area contributed by atoms with Crippen molar-refractivity contribution in [3.8, 4) is 0 Å². The quantitative estimate of drug-likeness (QED) is 0.869. The molecule has 1 heterocycles. The van der Waals surface area contributed by atoms with Gasteiger partial charge in [0.05, 0.1) is 15.9 Å². The molecule has 108 valence electrons. The molecule has 20 heavy (non-hydrogen) atoms. The molecule has 0 radical (unpaired) electrons. The van der Waals surface area contributed by atoms with Crippen LogP contribution in [0.3, 0.4) is 0 Å². The summed E-state index contributed by atoms with van der Waals surface area (Å²) in [6, 6.07) is 8.60. The number of hydrogen-bond donors (Lipinski definition) is 1. The van der Waals surface area contributed by atoms with E-state index in [9.17, 15) is 0 Å². The minimum absolute atomic E-state index is 0.829. The molecule has 0 atom stereocenters. The van der Waals surface area contributed by atoms with Crippen molar-refractivity contribution in [2.45, 2.75) is 46.8 Å². The Hall–Kier alpha value is -1.13. The van der Waals surface area contributed by atoms with Gasteiger partial charge in [-0.1, -0.05) is 36.8 Å². The molecular weight excluding hydrogens is 314 g/mol. The Labute approximate surface area is 129 Å². The number of rotatable bonds is 6. The highest BCUT2D eigenvalue weighted by Crippen LogP contribution is 2.22. The molecule has 0 amide bonds. The molecule has 0 saturated heterocycles. The second kappa shape index (κ2) is 7.04. The van der Waals surface area contributed by atoms with Crippen molar-refractivity contribution >= 4 is 15.9 Å². The third-order valence-electron chi connectivity index (χ3n) is 3.40. The summed E-state index contributed by atoms with van der Waals surface area (Å²) in [7, 11) is 0. The number of nitrogens with one attached hydrogen (secondary N) is 1. The maximum absolute atomic E-state index is 4.62. The number of aryl methyl sites for hydroxylation is 3. The highest BCUT2D eigenvalue weighted by Gasteiger charge is 2.13. The third kappa shape index (κ3) is 3.49. The minimum Gasteiger partial charge on any atom is -0.307 e. The van der Waals surface area contributed by atoms with Crippen molar-refractivity contribution in [2.24, 2.45) is 0 Å².